The van der Waals surface area contributed by atoms with Gasteiger partial charge >= 0.3 is 0 Å². The monoisotopic (exact) mass is 314 g/mol. The molecule has 1 aliphatic rings. The molecule has 21 heavy (non-hydrogen) atoms. The van der Waals surface area contributed by atoms with Crippen molar-refractivity contribution in [1.82, 2.24) is 10.2 Å². The lowest BCUT2D eigenvalue weighted by Crippen LogP contribution is -2.52. The van der Waals surface area contributed by atoms with E-state index >= 15 is 0 Å². The standard InChI is InChI=1S/C15H22N2O3.ClH/c1-3-19-13-4-6-14(7-5-13)20-11-15(18)17-9-8-16-12(2)10-17;/h4-7,12,16H,3,8-11H2,1-2H3;1H. The third-order valence-electron chi connectivity index (χ3n) is 3.22. The summed E-state index contributed by atoms with van der Waals surface area (Å²) >= 11 is 0. The van der Waals surface area contributed by atoms with E-state index in [1.54, 1.807) is 0 Å². The third kappa shape index (κ3) is 5.44. The molecule has 1 N–H and O–H groups in total. The summed E-state index contributed by atoms with van der Waals surface area (Å²) < 4.78 is 10.9. The fourth-order valence-electron chi connectivity index (χ4n) is 2.19. The molecule has 1 saturated heterocycles. The van der Waals surface area contributed by atoms with Gasteiger partial charge in [0.15, 0.2) is 6.61 Å². The van der Waals surface area contributed by atoms with E-state index < -0.39 is 0 Å². The van der Waals surface area contributed by atoms with Gasteiger partial charge in [-0.2, -0.15) is 0 Å². The Morgan fingerprint density at radius 2 is 1.90 bits per heavy atom. The Balaban J connectivity index is 0.00000220. The zero-order chi connectivity index (χ0) is 14.4. The molecule has 0 saturated carbocycles. The van der Waals surface area contributed by atoms with E-state index in [2.05, 4.69) is 12.2 Å². The van der Waals surface area contributed by atoms with Crippen molar-refractivity contribution >= 4 is 18.3 Å². The zero-order valence-corrected chi connectivity index (χ0v) is 13.3. The van der Waals surface area contributed by atoms with Crippen LogP contribution in [-0.2, 0) is 4.79 Å². The van der Waals surface area contributed by atoms with Crippen molar-refractivity contribution in [3.05, 3.63) is 24.3 Å². The first kappa shape index (κ1) is 17.6. The number of nitrogens with one attached hydrogen (secondary N) is 1. The molecule has 1 unspecified atom stereocenters. The van der Waals surface area contributed by atoms with Crippen molar-refractivity contribution in [2.45, 2.75) is 19.9 Å². The second kappa shape index (κ2) is 8.74. The lowest BCUT2D eigenvalue weighted by atomic mass is 10.2. The van der Waals surface area contributed by atoms with Gasteiger partial charge in [0.1, 0.15) is 11.5 Å². The van der Waals surface area contributed by atoms with Crippen LogP contribution in [0.15, 0.2) is 24.3 Å². The van der Waals surface area contributed by atoms with Gasteiger partial charge in [0, 0.05) is 25.7 Å². The van der Waals surface area contributed by atoms with Crippen molar-refractivity contribution in [2.24, 2.45) is 0 Å². The number of halogens is 1. The minimum absolute atomic E-state index is 0. The second-order valence-corrected chi connectivity index (χ2v) is 4.89. The first-order valence-corrected chi connectivity index (χ1v) is 7.06. The highest BCUT2D eigenvalue weighted by Gasteiger charge is 2.20. The van der Waals surface area contributed by atoms with E-state index in [4.69, 9.17) is 9.47 Å². The predicted octanol–water partition coefficient (Wildman–Crippen LogP) is 1.71. The molecule has 0 spiro atoms. The minimum Gasteiger partial charge on any atom is -0.494 e. The van der Waals surface area contributed by atoms with Crippen molar-refractivity contribution in [1.29, 1.82) is 0 Å². The quantitative estimate of drug-likeness (QED) is 0.899. The number of benzene rings is 1. The fraction of sp³-hybridized carbons (Fsp3) is 0.533. The van der Waals surface area contributed by atoms with Crippen LogP contribution in [0, 0.1) is 0 Å². The molecule has 1 fully saturated rings. The molecule has 6 heteroatoms. The molecule has 0 aromatic heterocycles. The molecule has 1 amide bonds. The predicted molar refractivity (Wildman–Crippen MR) is 84.4 cm³/mol. The van der Waals surface area contributed by atoms with Crippen molar-refractivity contribution < 1.29 is 14.3 Å². The normalized spacial score (nSPS) is 17.8. The Bertz CT molecular complexity index is 439. The van der Waals surface area contributed by atoms with Gasteiger partial charge in [-0.05, 0) is 38.1 Å². The average Bonchev–Trinajstić information content (AvgIpc) is 2.46. The van der Waals surface area contributed by atoms with Crippen molar-refractivity contribution in [3.63, 3.8) is 0 Å². The van der Waals surface area contributed by atoms with Crippen molar-refractivity contribution in [3.8, 4) is 11.5 Å². The summed E-state index contributed by atoms with van der Waals surface area (Å²) in [6.07, 6.45) is 0. The Hall–Kier alpha value is -1.46. The van der Waals surface area contributed by atoms with Crippen LogP contribution in [0.3, 0.4) is 0 Å². The SMILES string of the molecule is CCOc1ccc(OCC(=O)N2CCNC(C)C2)cc1.Cl. The summed E-state index contributed by atoms with van der Waals surface area (Å²) in [6.45, 7) is 7.07. The highest BCUT2D eigenvalue weighted by molar-refractivity contribution is 5.85. The average molecular weight is 315 g/mol. The molecule has 1 aromatic rings. The van der Waals surface area contributed by atoms with Crippen LogP contribution in [0.4, 0.5) is 0 Å². The van der Waals surface area contributed by atoms with E-state index in [0.717, 1.165) is 25.4 Å². The van der Waals surface area contributed by atoms with Crippen LogP contribution >= 0.6 is 12.4 Å². The van der Waals surface area contributed by atoms with Gasteiger partial charge in [-0.1, -0.05) is 0 Å². The molecule has 1 aliphatic heterocycles. The first-order valence-electron chi connectivity index (χ1n) is 7.06. The van der Waals surface area contributed by atoms with E-state index in [-0.39, 0.29) is 24.9 Å². The molecular weight excluding hydrogens is 292 g/mol. The molecule has 1 heterocycles. The number of hydrogen-bond donors (Lipinski definition) is 1. The summed E-state index contributed by atoms with van der Waals surface area (Å²) in [5, 5.41) is 3.31. The first-order chi connectivity index (χ1) is 9.69. The molecule has 118 valence electrons. The number of piperazine rings is 1. The number of carbonyl (C=O) groups excluding carboxylic acids is 1. The van der Waals surface area contributed by atoms with Gasteiger partial charge in [-0.3, -0.25) is 4.79 Å². The third-order valence-corrected chi connectivity index (χ3v) is 3.22. The Labute approximate surface area is 132 Å². The van der Waals surface area contributed by atoms with E-state index in [9.17, 15) is 4.79 Å². The zero-order valence-electron chi connectivity index (χ0n) is 12.5. The van der Waals surface area contributed by atoms with Crippen LogP contribution in [-0.4, -0.2) is 49.7 Å². The fourth-order valence-corrected chi connectivity index (χ4v) is 2.19. The topological polar surface area (TPSA) is 50.8 Å². The Kier molecular flexibility index (Phi) is 7.32. The van der Waals surface area contributed by atoms with Crippen LogP contribution in [0.25, 0.3) is 0 Å². The van der Waals surface area contributed by atoms with Gasteiger partial charge in [-0.25, -0.2) is 0 Å². The number of rotatable bonds is 5. The molecule has 0 bridgehead atoms. The van der Waals surface area contributed by atoms with E-state index in [1.165, 1.54) is 0 Å². The summed E-state index contributed by atoms with van der Waals surface area (Å²) in [4.78, 5) is 13.9. The van der Waals surface area contributed by atoms with Gasteiger partial charge in [0.25, 0.3) is 5.91 Å². The largest absolute Gasteiger partial charge is 0.494 e. The van der Waals surface area contributed by atoms with Gasteiger partial charge < -0.3 is 19.7 Å². The highest BCUT2D eigenvalue weighted by Crippen LogP contribution is 2.17. The molecule has 1 aromatic carbocycles. The lowest BCUT2D eigenvalue weighted by molar-refractivity contribution is -0.134. The maximum absolute atomic E-state index is 12.0. The van der Waals surface area contributed by atoms with E-state index in [0.29, 0.717) is 18.4 Å². The van der Waals surface area contributed by atoms with Crippen LogP contribution in [0.2, 0.25) is 0 Å². The smallest absolute Gasteiger partial charge is 0.260 e. The summed E-state index contributed by atoms with van der Waals surface area (Å²) in [7, 11) is 0. The van der Waals surface area contributed by atoms with Crippen LogP contribution < -0.4 is 14.8 Å². The number of amides is 1. The van der Waals surface area contributed by atoms with Crippen LogP contribution in [0.1, 0.15) is 13.8 Å². The highest BCUT2D eigenvalue weighted by atomic mass is 35.5. The Morgan fingerprint density at radius 3 is 2.48 bits per heavy atom. The molecule has 0 aliphatic carbocycles. The maximum atomic E-state index is 12.0. The van der Waals surface area contributed by atoms with Crippen molar-refractivity contribution in [2.75, 3.05) is 32.8 Å². The lowest BCUT2D eigenvalue weighted by Gasteiger charge is -2.31. The van der Waals surface area contributed by atoms with Gasteiger partial charge in [0.2, 0.25) is 0 Å². The number of nitrogens with zero attached hydrogens (tertiary/aromatic N) is 1. The number of hydrogen-bond acceptors (Lipinski definition) is 4. The molecule has 2 rings (SSSR count). The molecular formula is C15H23ClN2O3. The summed E-state index contributed by atoms with van der Waals surface area (Å²) in [5.41, 5.74) is 0. The number of carbonyl (C=O) groups is 1. The molecule has 0 radical (unpaired) electrons. The van der Waals surface area contributed by atoms with Crippen LogP contribution in [0.5, 0.6) is 11.5 Å². The molecule has 5 nitrogen and oxygen atoms in total. The summed E-state index contributed by atoms with van der Waals surface area (Å²) in [6, 6.07) is 7.67. The van der Waals surface area contributed by atoms with Gasteiger partial charge in [-0.15, -0.1) is 12.4 Å². The second-order valence-electron chi connectivity index (χ2n) is 4.89. The minimum atomic E-state index is 0. The number of ether oxygens (including phenoxy) is 2. The Morgan fingerprint density at radius 1 is 1.29 bits per heavy atom. The molecule has 1 atom stereocenters. The maximum Gasteiger partial charge on any atom is 0.260 e. The van der Waals surface area contributed by atoms with Gasteiger partial charge in [0.05, 0.1) is 6.61 Å². The summed E-state index contributed by atoms with van der Waals surface area (Å²) in [5.74, 6) is 1.53. The van der Waals surface area contributed by atoms with E-state index in [1.807, 2.05) is 36.1 Å².